The third-order valence-corrected chi connectivity index (χ3v) is 2.76. The van der Waals surface area contributed by atoms with Gasteiger partial charge in [-0.15, -0.1) is 0 Å². The van der Waals surface area contributed by atoms with Crippen LogP contribution in [-0.2, 0) is 0 Å². The Morgan fingerprint density at radius 2 is 2.14 bits per heavy atom. The van der Waals surface area contributed by atoms with Crippen LogP contribution >= 0.6 is 23.2 Å². The van der Waals surface area contributed by atoms with Gasteiger partial charge in [-0.3, -0.25) is 4.79 Å². The first kappa shape index (κ1) is 9.74. The van der Waals surface area contributed by atoms with Gasteiger partial charge in [0.15, 0.2) is 17.3 Å². The van der Waals surface area contributed by atoms with Crippen LogP contribution in [0.1, 0.15) is 16.8 Å². The van der Waals surface area contributed by atoms with E-state index in [1.807, 2.05) is 0 Å². The molecule has 0 atom stereocenters. The standard InChI is InChI=1S/C9H5Cl2FO2/c10-5-3-4-6(13)1-2-14-9(4)8(12)7(5)11/h3H,1-2H2. The van der Waals surface area contributed by atoms with E-state index in [9.17, 15) is 9.18 Å². The maximum atomic E-state index is 13.4. The van der Waals surface area contributed by atoms with Gasteiger partial charge in [-0.1, -0.05) is 23.2 Å². The van der Waals surface area contributed by atoms with Gasteiger partial charge in [0.25, 0.3) is 0 Å². The van der Waals surface area contributed by atoms with Crippen molar-refractivity contribution in [1.82, 2.24) is 0 Å². The Morgan fingerprint density at radius 3 is 2.86 bits per heavy atom. The van der Waals surface area contributed by atoms with Crippen LogP contribution in [0.25, 0.3) is 0 Å². The van der Waals surface area contributed by atoms with Crippen molar-refractivity contribution in [1.29, 1.82) is 0 Å². The summed E-state index contributed by atoms with van der Waals surface area (Å²) in [6, 6.07) is 1.34. The predicted octanol–water partition coefficient (Wildman–Crippen LogP) is 3.10. The fraction of sp³-hybridized carbons (Fsp3) is 0.222. The molecule has 1 aromatic carbocycles. The fourth-order valence-electron chi connectivity index (χ4n) is 1.31. The monoisotopic (exact) mass is 234 g/mol. The number of ketones is 1. The van der Waals surface area contributed by atoms with Crippen LogP contribution in [0.2, 0.25) is 10.0 Å². The molecule has 0 spiro atoms. The molecule has 0 N–H and O–H groups in total. The summed E-state index contributed by atoms with van der Waals surface area (Å²) >= 11 is 11.2. The van der Waals surface area contributed by atoms with Gasteiger partial charge in [-0.05, 0) is 6.07 Å². The molecule has 0 unspecified atom stereocenters. The third-order valence-electron chi connectivity index (χ3n) is 1.99. The molecule has 0 amide bonds. The van der Waals surface area contributed by atoms with Crippen molar-refractivity contribution in [3.8, 4) is 5.75 Å². The molecule has 2 nitrogen and oxygen atoms in total. The number of carbonyl (C=O) groups is 1. The van der Waals surface area contributed by atoms with Crippen LogP contribution in [0.15, 0.2) is 6.07 Å². The highest BCUT2D eigenvalue weighted by Crippen LogP contribution is 2.37. The third kappa shape index (κ3) is 1.37. The minimum absolute atomic E-state index is 0.0294. The van der Waals surface area contributed by atoms with Crippen molar-refractivity contribution in [2.75, 3.05) is 6.61 Å². The summed E-state index contributed by atoms with van der Waals surface area (Å²) in [7, 11) is 0. The fourth-order valence-corrected chi connectivity index (χ4v) is 1.64. The van der Waals surface area contributed by atoms with Crippen LogP contribution in [0.5, 0.6) is 5.75 Å². The molecular formula is C9H5Cl2FO2. The molecule has 14 heavy (non-hydrogen) atoms. The van der Waals surface area contributed by atoms with Gasteiger partial charge in [0.2, 0.25) is 0 Å². The Hall–Kier alpha value is -0.800. The Bertz CT molecular complexity index is 418. The van der Waals surface area contributed by atoms with Gasteiger partial charge in [0.05, 0.1) is 22.2 Å². The van der Waals surface area contributed by atoms with Gasteiger partial charge < -0.3 is 4.74 Å². The minimum atomic E-state index is -0.762. The predicted molar refractivity (Wildman–Crippen MR) is 50.9 cm³/mol. The first-order valence-electron chi connectivity index (χ1n) is 3.94. The van der Waals surface area contributed by atoms with E-state index < -0.39 is 5.82 Å². The van der Waals surface area contributed by atoms with Gasteiger partial charge in [0, 0.05) is 6.42 Å². The molecule has 1 aromatic rings. The second kappa shape index (κ2) is 3.41. The van der Waals surface area contributed by atoms with Crippen LogP contribution in [0.3, 0.4) is 0 Å². The largest absolute Gasteiger partial charge is 0.489 e. The molecular weight excluding hydrogens is 230 g/mol. The summed E-state index contributed by atoms with van der Waals surface area (Å²) in [4.78, 5) is 11.4. The van der Waals surface area contributed by atoms with E-state index in [0.717, 1.165) is 0 Å². The summed E-state index contributed by atoms with van der Waals surface area (Å²) in [5, 5.41) is -0.179. The lowest BCUT2D eigenvalue weighted by Gasteiger charge is -2.17. The molecule has 0 aliphatic carbocycles. The molecule has 1 heterocycles. The lowest BCUT2D eigenvalue weighted by Crippen LogP contribution is -2.16. The van der Waals surface area contributed by atoms with Gasteiger partial charge >= 0.3 is 0 Å². The van der Waals surface area contributed by atoms with E-state index in [1.165, 1.54) is 6.07 Å². The van der Waals surface area contributed by atoms with E-state index in [0.29, 0.717) is 0 Å². The van der Waals surface area contributed by atoms with Crippen LogP contribution in [0, 0.1) is 5.82 Å². The number of benzene rings is 1. The van der Waals surface area contributed by atoms with Gasteiger partial charge in [-0.25, -0.2) is 4.39 Å². The van der Waals surface area contributed by atoms with E-state index >= 15 is 0 Å². The van der Waals surface area contributed by atoms with Crippen molar-refractivity contribution in [2.24, 2.45) is 0 Å². The Balaban J connectivity index is 2.69. The molecule has 0 radical (unpaired) electrons. The number of hydrogen-bond acceptors (Lipinski definition) is 2. The van der Waals surface area contributed by atoms with E-state index in [-0.39, 0.29) is 40.2 Å². The molecule has 5 heteroatoms. The first-order chi connectivity index (χ1) is 6.61. The number of carbonyl (C=O) groups excluding carboxylic acids is 1. The molecule has 0 bridgehead atoms. The SMILES string of the molecule is O=C1CCOc2c1cc(Cl)c(Cl)c2F. The number of fused-ring (bicyclic) bond motifs is 1. The first-order valence-corrected chi connectivity index (χ1v) is 4.70. The molecule has 0 aromatic heterocycles. The molecule has 0 fully saturated rings. The number of halogens is 3. The smallest absolute Gasteiger partial charge is 0.185 e. The van der Waals surface area contributed by atoms with Crippen LogP contribution < -0.4 is 4.74 Å². The Labute approximate surface area is 89.6 Å². The molecule has 2 rings (SSSR count). The number of Topliss-reactive ketones (excluding diaryl/α,β-unsaturated/α-hetero) is 1. The zero-order valence-electron chi connectivity index (χ0n) is 6.94. The maximum absolute atomic E-state index is 13.4. The van der Waals surface area contributed by atoms with Crippen molar-refractivity contribution in [3.05, 3.63) is 27.5 Å². The van der Waals surface area contributed by atoms with Crippen molar-refractivity contribution in [3.63, 3.8) is 0 Å². The van der Waals surface area contributed by atoms with Gasteiger partial charge in [0.1, 0.15) is 0 Å². The molecule has 1 aliphatic heterocycles. The van der Waals surface area contributed by atoms with Crippen LogP contribution in [0.4, 0.5) is 4.39 Å². The Morgan fingerprint density at radius 1 is 1.43 bits per heavy atom. The normalized spacial score (nSPS) is 14.9. The molecule has 0 saturated carbocycles. The van der Waals surface area contributed by atoms with E-state index in [4.69, 9.17) is 27.9 Å². The maximum Gasteiger partial charge on any atom is 0.185 e. The topological polar surface area (TPSA) is 26.3 Å². The summed E-state index contributed by atoms with van der Waals surface area (Å²) in [6.07, 6.45) is 0.240. The Kier molecular flexibility index (Phi) is 2.37. The lowest BCUT2D eigenvalue weighted by molar-refractivity contribution is 0.0929. The van der Waals surface area contributed by atoms with E-state index in [1.54, 1.807) is 0 Å². The highest BCUT2D eigenvalue weighted by Gasteiger charge is 2.25. The number of ether oxygens (including phenoxy) is 1. The summed E-state index contributed by atoms with van der Waals surface area (Å²) in [5.41, 5.74) is 0.170. The van der Waals surface area contributed by atoms with Gasteiger partial charge in [-0.2, -0.15) is 0 Å². The van der Waals surface area contributed by atoms with Crippen molar-refractivity contribution < 1.29 is 13.9 Å². The zero-order valence-corrected chi connectivity index (χ0v) is 8.45. The number of hydrogen-bond donors (Lipinski definition) is 0. The summed E-state index contributed by atoms with van der Waals surface area (Å²) < 4.78 is 18.4. The van der Waals surface area contributed by atoms with Crippen molar-refractivity contribution >= 4 is 29.0 Å². The summed E-state index contributed by atoms with van der Waals surface area (Å²) in [5.74, 6) is -1.03. The quantitative estimate of drug-likeness (QED) is 0.646. The second-order valence-corrected chi connectivity index (χ2v) is 3.67. The summed E-state index contributed by atoms with van der Waals surface area (Å²) in [6.45, 7) is 0.181. The highest BCUT2D eigenvalue weighted by atomic mass is 35.5. The highest BCUT2D eigenvalue weighted by molar-refractivity contribution is 6.42. The average Bonchev–Trinajstić information content (AvgIpc) is 2.17. The minimum Gasteiger partial charge on any atom is -0.489 e. The number of rotatable bonds is 0. The van der Waals surface area contributed by atoms with Crippen LogP contribution in [-0.4, -0.2) is 12.4 Å². The second-order valence-electron chi connectivity index (χ2n) is 2.88. The van der Waals surface area contributed by atoms with E-state index in [2.05, 4.69) is 0 Å². The zero-order chi connectivity index (χ0) is 10.3. The molecule has 74 valence electrons. The van der Waals surface area contributed by atoms with Crippen molar-refractivity contribution in [2.45, 2.75) is 6.42 Å². The average molecular weight is 235 g/mol. The lowest BCUT2D eigenvalue weighted by atomic mass is 10.0. The molecule has 0 saturated heterocycles. The molecule has 1 aliphatic rings.